The van der Waals surface area contributed by atoms with Crippen LogP contribution in [0.3, 0.4) is 0 Å². The molecular weight excluding hydrogens is 196 g/mol. The molecule has 0 aliphatic carbocycles. The minimum absolute atomic E-state index is 0.574. The summed E-state index contributed by atoms with van der Waals surface area (Å²) in [5.74, 6) is 0. The van der Waals surface area contributed by atoms with Gasteiger partial charge in [-0.15, -0.1) is 0 Å². The Morgan fingerprint density at radius 2 is 1.88 bits per heavy atom. The van der Waals surface area contributed by atoms with Crippen LogP contribution in [0.1, 0.15) is 52.9 Å². The lowest BCUT2D eigenvalue weighted by molar-refractivity contribution is 0.284. The van der Waals surface area contributed by atoms with Crippen molar-refractivity contribution in [3.63, 3.8) is 0 Å². The molecule has 0 bridgehead atoms. The van der Waals surface area contributed by atoms with Gasteiger partial charge in [0.1, 0.15) is 0 Å². The highest BCUT2D eigenvalue weighted by molar-refractivity contribution is 4.82. The Labute approximate surface area is 102 Å². The lowest BCUT2D eigenvalue weighted by Crippen LogP contribution is -2.24. The summed E-state index contributed by atoms with van der Waals surface area (Å²) in [7, 11) is 0. The molecule has 1 saturated heterocycles. The molecule has 96 valence electrons. The fraction of sp³-hybridized carbons (Fsp3) is 1.00. The summed E-state index contributed by atoms with van der Waals surface area (Å²) in [4.78, 5) is 2.64. The lowest BCUT2D eigenvalue weighted by Gasteiger charge is -2.19. The predicted molar refractivity (Wildman–Crippen MR) is 71.8 cm³/mol. The molecule has 1 heterocycles. The molecule has 0 unspecified atom stereocenters. The molecular formula is C14H30N2. The van der Waals surface area contributed by atoms with E-state index in [0.717, 1.165) is 6.54 Å². The van der Waals surface area contributed by atoms with E-state index in [-0.39, 0.29) is 0 Å². The highest BCUT2D eigenvalue weighted by Gasteiger charge is 2.28. The fourth-order valence-corrected chi connectivity index (χ4v) is 2.53. The summed E-state index contributed by atoms with van der Waals surface area (Å²) in [6.07, 6.45) is 6.92. The smallest absolute Gasteiger partial charge is 0.00332 e. The summed E-state index contributed by atoms with van der Waals surface area (Å²) in [5, 5.41) is 3.38. The van der Waals surface area contributed by atoms with E-state index in [0.29, 0.717) is 5.41 Å². The molecule has 0 amide bonds. The van der Waals surface area contributed by atoms with Gasteiger partial charge in [-0.05, 0) is 50.9 Å². The van der Waals surface area contributed by atoms with Crippen molar-refractivity contribution >= 4 is 0 Å². The Bertz CT molecular complexity index is 178. The Balaban J connectivity index is 1.88. The summed E-state index contributed by atoms with van der Waals surface area (Å²) in [6, 6.07) is 0. The average molecular weight is 226 g/mol. The van der Waals surface area contributed by atoms with Crippen LogP contribution < -0.4 is 5.32 Å². The van der Waals surface area contributed by atoms with Crippen LogP contribution in [0.4, 0.5) is 0 Å². The van der Waals surface area contributed by atoms with Gasteiger partial charge in [-0.3, -0.25) is 0 Å². The average Bonchev–Trinajstić information content (AvgIpc) is 2.57. The number of rotatable bonds is 8. The van der Waals surface area contributed by atoms with E-state index in [1.54, 1.807) is 0 Å². The largest absolute Gasteiger partial charge is 0.317 e. The van der Waals surface area contributed by atoms with Crippen LogP contribution >= 0.6 is 0 Å². The second kappa shape index (κ2) is 7.29. The first-order chi connectivity index (χ1) is 7.64. The molecule has 0 saturated carbocycles. The summed E-state index contributed by atoms with van der Waals surface area (Å²) >= 11 is 0. The molecule has 0 aromatic heterocycles. The minimum atomic E-state index is 0.574. The fourth-order valence-electron chi connectivity index (χ4n) is 2.53. The van der Waals surface area contributed by atoms with Crippen molar-refractivity contribution < 1.29 is 0 Å². The van der Waals surface area contributed by atoms with Crippen molar-refractivity contribution in [2.24, 2.45) is 5.41 Å². The maximum atomic E-state index is 3.38. The van der Waals surface area contributed by atoms with Crippen molar-refractivity contribution in [2.75, 3.05) is 32.7 Å². The van der Waals surface area contributed by atoms with Gasteiger partial charge < -0.3 is 10.2 Å². The molecule has 1 aliphatic heterocycles. The van der Waals surface area contributed by atoms with Crippen LogP contribution in [0.5, 0.6) is 0 Å². The monoisotopic (exact) mass is 226 g/mol. The molecule has 0 radical (unpaired) electrons. The Morgan fingerprint density at radius 3 is 2.50 bits per heavy atom. The van der Waals surface area contributed by atoms with E-state index >= 15 is 0 Å². The van der Waals surface area contributed by atoms with Gasteiger partial charge in [-0.2, -0.15) is 0 Å². The van der Waals surface area contributed by atoms with Crippen molar-refractivity contribution in [3.8, 4) is 0 Å². The topological polar surface area (TPSA) is 15.3 Å². The van der Waals surface area contributed by atoms with Crippen LogP contribution in [-0.2, 0) is 0 Å². The van der Waals surface area contributed by atoms with E-state index in [1.165, 1.54) is 58.3 Å². The molecule has 0 aromatic rings. The van der Waals surface area contributed by atoms with Crippen LogP contribution in [0.25, 0.3) is 0 Å². The number of likely N-dealkylation sites (tertiary alicyclic amines) is 1. The van der Waals surface area contributed by atoms with Crippen LogP contribution in [0.2, 0.25) is 0 Å². The molecule has 0 aromatic carbocycles. The zero-order chi connectivity index (χ0) is 11.9. The third-order valence-electron chi connectivity index (χ3n) is 3.58. The van der Waals surface area contributed by atoms with Gasteiger partial charge in [0, 0.05) is 6.54 Å². The van der Waals surface area contributed by atoms with Crippen molar-refractivity contribution in [1.82, 2.24) is 10.2 Å². The highest BCUT2D eigenvalue weighted by atomic mass is 15.1. The van der Waals surface area contributed by atoms with Crippen LogP contribution in [-0.4, -0.2) is 37.6 Å². The maximum Gasteiger partial charge on any atom is 0.00332 e. The zero-order valence-corrected chi connectivity index (χ0v) is 11.5. The first-order valence-electron chi connectivity index (χ1n) is 7.07. The van der Waals surface area contributed by atoms with Gasteiger partial charge >= 0.3 is 0 Å². The second-order valence-corrected chi connectivity index (χ2v) is 5.96. The maximum absolute atomic E-state index is 3.38. The summed E-state index contributed by atoms with van der Waals surface area (Å²) in [6.45, 7) is 13.2. The molecule has 16 heavy (non-hydrogen) atoms. The van der Waals surface area contributed by atoms with Crippen LogP contribution in [0, 0.1) is 5.41 Å². The quantitative estimate of drug-likeness (QED) is 0.640. The molecule has 2 nitrogen and oxygen atoms in total. The van der Waals surface area contributed by atoms with Gasteiger partial charge in [0.05, 0.1) is 0 Å². The molecule has 1 fully saturated rings. The molecule has 1 N–H and O–H groups in total. The van der Waals surface area contributed by atoms with Gasteiger partial charge in [-0.1, -0.05) is 33.6 Å². The molecule has 1 rings (SSSR count). The number of hydrogen-bond donors (Lipinski definition) is 1. The van der Waals surface area contributed by atoms with Gasteiger partial charge in [-0.25, -0.2) is 0 Å². The Hall–Kier alpha value is -0.0800. The number of nitrogens with zero attached hydrogens (tertiary/aromatic N) is 1. The lowest BCUT2D eigenvalue weighted by atomic mass is 9.93. The van der Waals surface area contributed by atoms with Crippen molar-refractivity contribution in [3.05, 3.63) is 0 Å². The number of nitrogens with one attached hydrogen (secondary N) is 1. The van der Waals surface area contributed by atoms with E-state index in [2.05, 4.69) is 31.0 Å². The highest BCUT2D eigenvalue weighted by Crippen LogP contribution is 2.28. The molecule has 1 aliphatic rings. The standard InChI is InChI=1S/C14H30N2/c1-4-15-10-7-5-6-8-11-16-12-9-14(2,3)13-16/h15H,4-13H2,1-3H3. The minimum Gasteiger partial charge on any atom is -0.317 e. The Kier molecular flexibility index (Phi) is 6.37. The van der Waals surface area contributed by atoms with Crippen molar-refractivity contribution in [2.45, 2.75) is 52.9 Å². The van der Waals surface area contributed by atoms with E-state index in [1.807, 2.05) is 0 Å². The third-order valence-corrected chi connectivity index (χ3v) is 3.58. The number of hydrogen-bond acceptors (Lipinski definition) is 2. The first-order valence-corrected chi connectivity index (χ1v) is 7.07. The number of unbranched alkanes of at least 4 members (excludes halogenated alkanes) is 3. The molecule has 2 heteroatoms. The summed E-state index contributed by atoms with van der Waals surface area (Å²) in [5.41, 5.74) is 0.574. The van der Waals surface area contributed by atoms with Crippen LogP contribution in [0.15, 0.2) is 0 Å². The third kappa shape index (κ3) is 5.86. The van der Waals surface area contributed by atoms with E-state index in [9.17, 15) is 0 Å². The summed E-state index contributed by atoms with van der Waals surface area (Å²) < 4.78 is 0. The van der Waals surface area contributed by atoms with Gasteiger partial charge in [0.2, 0.25) is 0 Å². The van der Waals surface area contributed by atoms with Gasteiger partial charge in [0.25, 0.3) is 0 Å². The van der Waals surface area contributed by atoms with Gasteiger partial charge in [0.15, 0.2) is 0 Å². The zero-order valence-electron chi connectivity index (χ0n) is 11.5. The van der Waals surface area contributed by atoms with Crippen molar-refractivity contribution in [1.29, 1.82) is 0 Å². The first kappa shape index (κ1) is 14.0. The second-order valence-electron chi connectivity index (χ2n) is 5.96. The Morgan fingerprint density at radius 1 is 1.12 bits per heavy atom. The normalized spacial score (nSPS) is 20.4. The van der Waals surface area contributed by atoms with E-state index < -0.39 is 0 Å². The van der Waals surface area contributed by atoms with E-state index in [4.69, 9.17) is 0 Å². The SMILES string of the molecule is CCNCCCCCCN1CCC(C)(C)C1. The predicted octanol–water partition coefficient (Wildman–Crippen LogP) is 2.89. The molecule has 0 atom stereocenters. The molecule has 0 spiro atoms.